The lowest BCUT2D eigenvalue weighted by Gasteiger charge is -2.07. The number of anilines is 2. The third kappa shape index (κ3) is 5.00. The number of rotatable bonds is 7. The van der Waals surface area contributed by atoms with E-state index in [1.807, 2.05) is 31.2 Å². The molecule has 0 bridgehead atoms. The molecule has 0 unspecified atom stereocenters. The number of hydrogen-bond donors (Lipinski definition) is 2. The summed E-state index contributed by atoms with van der Waals surface area (Å²) in [4.78, 5) is 11.6. The summed E-state index contributed by atoms with van der Waals surface area (Å²) < 4.78 is 0. The van der Waals surface area contributed by atoms with E-state index in [9.17, 15) is 4.79 Å². The number of nitrogens with one attached hydrogen (secondary N) is 2. The van der Waals surface area contributed by atoms with Crippen molar-refractivity contribution in [1.29, 1.82) is 0 Å². The van der Waals surface area contributed by atoms with E-state index in [1.54, 1.807) is 12.1 Å². The topological polar surface area (TPSA) is 66.9 Å². The van der Waals surface area contributed by atoms with Gasteiger partial charge in [0.1, 0.15) is 5.82 Å². The first-order chi connectivity index (χ1) is 10.7. The molecule has 0 atom stereocenters. The minimum atomic E-state index is -0.0343. The van der Waals surface area contributed by atoms with Gasteiger partial charge in [0.15, 0.2) is 5.82 Å². The number of amides is 1. The number of nitrogens with zero attached hydrogens (tertiary/aromatic N) is 2. The van der Waals surface area contributed by atoms with E-state index < -0.39 is 0 Å². The van der Waals surface area contributed by atoms with E-state index in [0.717, 1.165) is 18.4 Å². The standard InChI is InChI=1S/C16H19ClN4O/c1-2-3-8-16(22)19-15-10-9-14(20-21-15)18-11-12-6-4-5-7-13(12)17/h4-7,9-10H,2-3,8,11H2,1H3,(H,18,20)(H,19,21,22). The van der Waals surface area contributed by atoms with Gasteiger partial charge >= 0.3 is 0 Å². The van der Waals surface area contributed by atoms with Gasteiger partial charge in [-0.2, -0.15) is 0 Å². The van der Waals surface area contributed by atoms with Gasteiger partial charge in [-0.1, -0.05) is 43.1 Å². The van der Waals surface area contributed by atoms with Gasteiger partial charge in [0.05, 0.1) is 0 Å². The number of aromatic nitrogens is 2. The first kappa shape index (κ1) is 16.2. The number of halogens is 1. The van der Waals surface area contributed by atoms with E-state index in [0.29, 0.717) is 29.6 Å². The van der Waals surface area contributed by atoms with Crippen molar-refractivity contribution in [2.75, 3.05) is 10.6 Å². The molecule has 2 N–H and O–H groups in total. The SMILES string of the molecule is CCCCC(=O)Nc1ccc(NCc2ccccc2Cl)nn1. The van der Waals surface area contributed by atoms with Gasteiger partial charge < -0.3 is 10.6 Å². The quantitative estimate of drug-likeness (QED) is 0.813. The summed E-state index contributed by atoms with van der Waals surface area (Å²) >= 11 is 6.09. The zero-order chi connectivity index (χ0) is 15.8. The highest BCUT2D eigenvalue weighted by Gasteiger charge is 2.04. The fourth-order valence-electron chi connectivity index (χ4n) is 1.86. The maximum absolute atomic E-state index is 11.6. The number of carbonyl (C=O) groups excluding carboxylic acids is 1. The van der Waals surface area contributed by atoms with E-state index in [4.69, 9.17) is 11.6 Å². The van der Waals surface area contributed by atoms with Crippen LogP contribution in [0, 0.1) is 0 Å². The van der Waals surface area contributed by atoms with Gasteiger partial charge in [-0.3, -0.25) is 4.79 Å². The van der Waals surface area contributed by atoms with E-state index in [-0.39, 0.29) is 5.91 Å². The van der Waals surface area contributed by atoms with Crippen molar-refractivity contribution in [2.24, 2.45) is 0 Å². The monoisotopic (exact) mass is 318 g/mol. The van der Waals surface area contributed by atoms with Crippen LogP contribution in [0.5, 0.6) is 0 Å². The Hall–Kier alpha value is -2.14. The third-order valence-electron chi connectivity index (χ3n) is 3.11. The predicted octanol–water partition coefficient (Wildman–Crippen LogP) is 3.87. The Bertz CT molecular complexity index is 616. The normalized spacial score (nSPS) is 10.3. The van der Waals surface area contributed by atoms with E-state index in [1.165, 1.54) is 0 Å². The van der Waals surface area contributed by atoms with Crippen molar-refractivity contribution in [2.45, 2.75) is 32.7 Å². The van der Waals surface area contributed by atoms with Crippen molar-refractivity contribution >= 4 is 29.1 Å². The Morgan fingerprint density at radius 2 is 1.86 bits per heavy atom. The molecule has 1 aromatic carbocycles. The summed E-state index contributed by atoms with van der Waals surface area (Å²) in [5.74, 6) is 1.06. The number of unbranched alkanes of at least 4 members (excludes halogenated alkanes) is 1. The summed E-state index contributed by atoms with van der Waals surface area (Å²) in [6, 6.07) is 11.1. The molecule has 22 heavy (non-hydrogen) atoms. The largest absolute Gasteiger partial charge is 0.364 e. The second-order valence-corrected chi connectivity index (χ2v) is 5.31. The van der Waals surface area contributed by atoms with Crippen molar-refractivity contribution < 1.29 is 4.79 Å². The van der Waals surface area contributed by atoms with Gasteiger partial charge in [0.25, 0.3) is 0 Å². The highest BCUT2D eigenvalue weighted by atomic mass is 35.5. The average molecular weight is 319 g/mol. The minimum Gasteiger partial charge on any atom is -0.364 e. The second-order valence-electron chi connectivity index (χ2n) is 4.90. The van der Waals surface area contributed by atoms with Crippen LogP contribution in [0.3, 0.4) is 0 Å². The maximum atomic E-state index is 11.6. The Morgan fingerprint density at radius 3 is 2.55 bits per heavy atom. The lowest BCUT2D eigenvalue weighted by Crippen LogP contribution is -2.13. The molecule has 0 saturated heterocycles. The van der Waals surface area contributed by atoms with Gasteiger partial charge in [-0.05, 0) is 30.2 Å². The molecule has 5 nitrogen and oxygen atoms in total. The molecule has 1 aromatic heterocycles. The van der Waals surface area contributed by atoms with Crippen LogP contribution in [-0.4, -0.2) is 16.1 Å². The Kier molecular flexibility index (Phi) is 6.15. The number of benzene rings is 1. The molecule has 0 spiro atoms. The number of carbonyl (C=O) groups is 1. The van der Waals surface area contributed by atoms with Crippen molar-refractivity contribution in [3.8, 4) is 0 Å². The molecule has 6 heteroatoms. The van der Waals surface area contributed by atoms with Crippen LogP contribution >= 0.6 is 11.6 Å². The van der Waals surface area contributed by atoms with Crippen molar-refractivity contribution in [3.63, 3.8) is 0 Å². The summed E-state index contributed by atoms with van der Waals surface area (Å²) in [5.41, 5.74) is 0.989. The Balaban J connectivity index is 1.87. The van der Waals surface area contributed by atoms with Crippen LogP contribution in [0.4, 0.5) is 11.6 Å². The smallest absolute Gasteiger partial charge is 0.225 e. The van der Waals surface area contributed by atoms with Crippen LogP contribution in [0.2, 0.25) is 5.02 Å². The summed E-state index contributed by atoms with van der Waals surface area (Å²) in [7, 11) is 0. The minimum absolute atomic E-state index is 0.0343. The van der Waals surface area contributed by atoms with E-state index >= 15 is 0 Å². The van der Waals surface area contributed by atoms with Crippen LogP contribution in [-0.2, 0) is 11.3 Å². The van der Waals surface area contributed by atoms with Crippen molar-refractivity contribution in [3.05, 3.63) is 47.0 Å². The second kappa shape index (κ2) is 8.34. The molecule has 0 saturated carbocycles. The molecule has 0 aliphatic rings. The summed E-state index contributed by atoms with van der Waals surface area (Å²) in [6.07, 6.45) is 2.37. The lowest BCUT2D eigenvalue weighted by molar-refractivity contribution is -0.116. The maximum Gasteiger partial charge on any atom is 0.225 e. The Morgan fingerprint density at radius 1 is 1.14 bits per heavy atom. The lowest BCUT2D eigenvalue weighted by atomic mass is 10.2. The highest BCUT2D eigenvalue weighted by molar-refractivity contribution is 6.31. The van der Waals surface area contributed by atoms with Gasteiger partial charge in [-0.25, -0.2) is 0 Å². The third-order valence-corrected chi connectivity index (χ3v) is 3.48. The molecule has 1 heterocycles. The van der Waals surface area contributed by atoms with Gasteiger partial charge in [0, 0.05) is 18.0 Å². The predicted molar refractivity (Wildman–Crippen MR) is 89.0 cm³/mol. The first-order valence-corrected chi connectivity index (χ1v) is 7.67. The first-order valence-electron chi connectivity index (χ1n) is 7.30. The fourth-order valence-corrected chi connectivity index (χ4v) is 2.07. The van der Waals surface area contributed by atoms with Gasteiger partial charge in [0.2, 0.25) is 5.91 Å². The average Bonchev–Trinajstić information content (AvgIpc) is 2.53. The molecule has 0 aliphatic carbocycles. The summed E-state index contributed by atoms with van der Waals surface area (Å²) in [6.45, 7) is 2.61. The molecular weight excluding hydrogens is 300 g/mol. The molecule has 1 amide bonds. The molecular formula is C16H19ClN4O. The molecule has 2 aromatic rings. The molecule has 0 aliphatic heterocycles. The van der Waals surface area contributed by atoms with Crippen LogP contribution < -0.4 is 10.6 Å². The van der Waals surface area contributed by atoms with Crippen LogP contribution in [0.1, 0.15) is 31.7 Å². The van der Waals surface area contributed by atoms with E-state index in [2.05, 4.69) is 20.8 Å². The number of hydrogen-bond acceptors (Lipinski definition) is 4. The highest BCUT2D eigenvalue weighted by Crippen LogP contribution is 2.16. The van der Waals surface area contributed by atoms with Crippen LogP contribution in [0.25, 0.3) is 0 Å². The fraction of sp³-hybridized carbons (Fsp3) is 0.312. The van der Waals surface area contributed by atoms with Gasteiger partial charge in [-0.15, -0.1) is 10.2 Å². The molecule has 0 fully saturated rings. The molecule has 116 valence electrons. The summed E-state index contributed by atoms with van der Waals surface area (Å²) in [5, 5.41) is 14.6. The molecule has 2 rings (SSSR count). The van der Waals surface area contributed by atoms with Crippen molar-refractivity contribution in [1.82, 2.24) is 10.2 Å². The zero-order valence-corrected chi connectivity index (χ0v) is 13.2. The Labute approximate surface area is 135 Å². The van der Waals surface area contributed by atoms with Crippen LogP contribution in [0.15, 0.2) is 36.4 Å². The molecule has 0 radical (unpaired) electrons. The zero-order valence-electron chi connectivity index (χ0n) is 12.5.